The molecule has 1 atom stereocenters. The molecule has 1 aliphatic rings. The second-order valence-corrected chi connectivity index (χ2v) is 4.77. The van der Waals surface area contributed by atoms with Crippen molar-refractivity contribution in [3.63, 3.8) is 0 Å². The summed E-state index contributed by atoms with van der Waals surface area (Å²) in [5, 5.41) is 0. The third-order valence-corrected chi connectivity index (χ3v) is 3.65. The third kappa shape index (κ3) is 1.96. The van der Waals surface area contributed by atoms with Gasteiger partial charge in [0, 0.05) is 11.1 Å². The Morgan fingerprint density at radius 2 is 1.90 bits per heavy atom. The number of ether oxygens (including phenoxy) is 2. The number of rotatable bonds is 3. The fourth-order valence-electron chi connectivity index (χ4n) is 2.56. The van der Waals surface area contributed by atoms with Gasteiger partial charge in [-0.3, -0.25) is 0 Å². The van der Waals surface area contributed by atoms with Crippen LogP contribution in [0.5, 0.6) is 5.75 Å². The van der Waals surface area contributed by atoms with E-state index >= 15 is 0 Å². The van der Waals surface area contributed by atoms with Crippen molar-refractivity contribution in [1.82, 2.24) is 0 Å². The van der Waals surface area contributed by atoms with Crippen molar-refractivity contribution in [2.24, 2.45) is 0 Å². The standard InChI is InChI=1S/C16H12F2O3/c1-20-12-5-2-10(3-6-12)16(9-17)14-7-4-11(18)8-13(14)15(19)21-16/h2-8H,9H2,1H3. The summed E-state index contributed by atoms with van der Waals surface area (Å²) in [6, 6.07) is 10.2. The maximum Gasteiger partial charge on any atom is 0.340 e. The molecule has 5 heteroatoms. The monoisotopic (exact) mass is 290 g/mol. The molecule has 0 amide bonds. The number of carbonyl (C=O) groups excluding carboxylic acids is 1. The van der Waals surface area contributed by atoms with Gasteiger partial charge < -0.3 is 9.47 Å². The number of fused-ring (bicyclic) bond motifs is 1. The molecule has 0 bridgehead atoms. The molecule has 0 aliphatic carbocycles. The first kappa shape index (κ1) is 13.5. The maximum atomic E-state index is 13.8. The predicted octanol–water partition coefficient (Wildman–Crippen LogP) is 3.22. The summed E-state index contributed by atoms with van der Waals surface area (Å²) in [5.41, 5.74) is -0.651. The van der Waals surface area contributed by atoms with Gasteiger partial charge in [0.2, 0.25) is 0 Å². The Bertz CT molecular complexity index is 697. The highest BCUT2D eigenvalue weighted by molar-refractivity contribution is 5.95. The fourth-order valence-corrected chi connectivity index (χ4v) is 2.56. The summed E-state index contributed by atoms with van der Waals surface area (Å²) in [4.78, 5) is 11.9. The molecule has 1 unspecified atom stereocenters. The molecular weight excluding hydrogens is 278 g/mol. The van der Waals surface area contributed by atoms with Gasteiger partial charge in [-0.2, -0.15) is 0 Å². The minimum Gasteiger partial charge on any atom is -0.497 e. The lowest BCUT2D eigenvalue weighted by atomic mass is 9.86. The normalized spacial score (nSPS) is 20.0. The van der Waals surface area contributed by atoms with Gasteiger partial charge in [-0.05, 0) is 24.3 Å². The lowest BCUT2D eigenvalue weighted by molar-refractivity contribution is 0.000378. The van der Waals surface area contributed by atoms with Gasteiger partial charge in [-0.1, -0.05) is 18.2 Å². The molecule has 0 fully saturated rings. The molecule has 0 N–H and O–H groups in total. The van der Waals surface area contributed by atoms with Crippen molar-refractivity contribution in [2.45, 2.75) is 5.60 Å². The molecule has 1 aliphatic heterocycles. The topological polar surface area (TPSA) is 35.5 Å². The lowest BCUT2D eigenvalue weighted by Crippen LogP contribution is -2.30. The van der Waals surface area contributed by atoms with E-state index in [1.54, 1.807) is 24.3 Å². The number of halogens is 2. The second-order valence-electron chi connectivity index (χ2n) is 4.77. The van der Waals surface area contributed by atoms with Crippen LogP contribution in [0.1, 0.15) is 21.5 Å². The Morgan fingerprint density at radius 1 is 1.19 bits per heavy atom. The minimum absolute atomic E-state index is 0.0588. The number of cyclic esters (lactones) is 1. The first-order valence-electron chi connectivity index (χ1n) is 6.34. The molecule has 2 aromatic carbocycles. The van der Waals surface area contributed by atoms with Crippen LogP contribution in [0, 0.1) is 5.82 Å². The van der Waals surface area contributed by atoms with Crippen LogP contribution in [0.4, 0.5) is 8.78 Å². The molecular formula is C16H12F2O3. The van der Waals surface area contributed by atoms with Gasteiger partial charge >= 0.3 is 5.97 Å². The molecule has 0 radical (unpaired) electrons. The van der Waals surface area contributed by atoms with Gasteiger partial charge in [-0.25, -0.2) is 13.6 Å². The van der Waals surface area contributed by atoms with Crippen LogP contribution < -0.4 is 4.74 Å². The largest absolute Gasteiger partial charge is 0.497 e. The van der Waals surface area contributed by atoms with Crippen LogP contribution in [0.25, 0.3) is 0 Å². The van der Waals surface area contributed by atoms with Gasteiger partial charge in [0.25, 0.3) is 0 Å². The second kappa shape index (κ2) is 4.84. The van der Waals surface area contributed by atoms with E-state index in [0.29, 0.717) is 16.9 Å². The van der Waals surface area contributed by atoms with Crippen LogP contribution in [-0.4, -0.2) is 19.8 Å². The Labute approximate surface area is 120 Å². The summed E-state index contributed by atoms with van der Waals surface area (Å²) >= 11 is 0. The van der Waals surface area contributed by atoms with E-state index in [1.165, 1.54) is 19.2 Å². The zero-order valence-corrected chi connectivity index (χ0v) is 11.2. The maximum absolute atomic E-state index is 13.8. The van der Waals surface area contributed by atoms with Crippen molar-refractivity contribution in [3.8, 4) is 5.75 Å². The highest BCUT2D eigenvalue weighted by atomic mass is 19.1. The molecule has 108 valence electrons. The quantitative estimate of drug-likeness (QED) is 0.814. The fraction of sp³-hybridized carbons (Fsp3) is 0.188. The molecule has 3 nitrogen and oxygen atoms in total. The van der Waals surface area contributed by atoms with Crippen molar-refractivity contribution >= 4 is 5.97 Å². The van der Waals surface area contributed by atoms with Crippen molar-refractivity contribution in [1.29, 1.82) is 0 Å². The highest BCUT2D eigenvalue weighted by Gasteiger charge is 2.47. The number of benzene rings is 2. The number of esters is 1. The van der Waals surface area contributed by atoms with Crippen LogP contribution in [0.2, 0.25) is 0 Å². The van der Waals surface area contributed by atoms with E-state index in [9.17, 15) is 13.6 Å². The zero-order valence-electron chi connectivity index (χ0n) is 11.2. The number of alkyl halides is 1. The molecule has 0 saturated carbocycles. The molecule has 21 heavy (non-hydrogen) atoms. The van der Waals surface area contributed by atoms with Crippen molar-refractivity contribution < 1.29 is 23.0 Å². The smallest absolute Gasteiger partial charge is 0.340 e. The number of hydrogen-bond acceptors (Lipinski definition) is 3. The summed E-state index contributed by atoms with van der Waals surface area (Å²) in [6.07, 6.45) is 0. The first-order chi connectivity index (χ1) is 10.1. The predicted molar refractivity (Wildman–Crippen MR) is 71.6 cm³/mol. The Kier molecular flexibility index (Phi) is 3.12. The van der Waals surface area contributed by atoms with E-state index in [1.807, 2.05) is 0 Å². The van der Waals surface area contributed by atoms with E-state index in [0.717, 1.165) is 6.07 Å². The van der Waals surface area contributed by atoms with Gasteiger partial charge in [0.1, 0.15) is 18.2 Å². The van der Waals surface area contributed by atoms with Crippen LogP contribution >= 0.6 is 0 Å². The summed E-state index contributed by atoms with van der Waals surface area (Å²) in [5.74, 6) is -0.676. The minimum atomic E-state index is -1.52. The van der Waals surface area contributed by atoms with Crippen LogP contribution in [0.3, 0.4) is 0 Å². The Morgan fingerprint density at radius 3 is 2.52 bits per heavy atom. The summed E-state index contributed by atoms with van der Waals surface area (Å²) < 4.78 is 37.4. The highest BCUT2D eigenvalue weighted by Crippen LogP contribution is 2.42. The SMILES string of the molecule is COc1ccc(C2(CF)OC(=O)c3cc(F)ccc32)cc1. The number of hydrogen-bond donors (Lipinski definition) is 0. The molecule has 0 saturated heterocycles. The summed E-state index contributed by atoms with van der Waals surface area (Å²) in [7, 11) is 1.52. The van der Waals surface area contributed by atoms with Gasteiger partial charge in [-0.15, -0.1) is 0 Å². The number of carbonyl (C=O) groups is 1. The van der Waals surface area contributed by atoms with Crippen LogP contribution in [-0.2, 0) is 10.3 Å². The molecule has 3 rings (SSSR count). The Hall–Kier alpha value is -2.43. The van der Waals surface area contributed by atoms with Crippen LogP contribution in [0.15, 0.2) is 42.5 Å². The first-order valence-corrected chi connectivity index (χ1v) is 6.34. The van der Waals surface area contributed by atoms with Crippen molar-refractivity contribution in [3.05, 3.63) is 65.0 Å². The lowest BCUT2D eigenvalue weighted by Gasteiger charge is -2.26. The average Bonchev–Trinajstić information content (AvgIpc) is 2.80. The average molecular weight is 290 g/mol. The molecule has 2 aromatic rings. The number of methoxy groups -OCH3 is 1. The molecule has 0 aromatic heterocycles. The summed E-state index contributed by atoms with van der Waals surface area (Å²) in [6.45, 7) is -0.927. The van der Waals surface area contributed by atoms with E-state index in [4.69, 9.17) is 9.47 Å². The van der Waals surface area contributed by atoms with E-state index in [-0.39, 0.29) is 5.56 Å². The zero-order chi connectivity index (χ0) is 15.0. The van der Waals surface area contributed by atoms with Gasteiger partial charge in [0.15, 0.2) is 5.60 Å². The van der Waals surface area contributed by atoms with Crippen molar-refractivity contribution in [2.75, 3.05) is 13.8 Å². The molecule has 0 spiro atoms. The van der Waals surface area contributed by atoms with Gasteiger partial charge in [0.05, 0.1) is 12.7 Å². The van der Waals surface area contributed by atoms with E-state index < -0.39 is 24.1 Å². The Balaban J connectivity index is 2.16. The van der Waals surface area contributed by atoms with E-state index in [2.05, 4.69) is 0 Å². The third-order valence-electron chi connectivity index (χ3n) is 3.65. The molecule has 1 heterocycles.